The van der Waals surface area contributed by atoms with Gasteiger partial charge in [-0.1, -0.05) is 0 Å². The summed E-state index contributed by atoms with van der Waals surface area (Å²) in [4.78, 5) is 2.43. The van der Waals surface area contributed by atoms with Crippen LogP contribution in [0.2, 0.25) is 0 Å². The van der Waals surface area contributed by atoms with Crippen molar-refractivity contribution in [2.75, 3.05) is 20.1 Å². The Morgan fingerprint density at radius 2 is 1.83 bits per heavy atom. The summed E-state index contributed by atoms with van der Waals surface area (Å²) < 4.78 is 0. The van der Waals surface area contributed by atoms with Crippen LogP contribution in [-0.2, 0) is 0 Å². The van der Waals surface area contributed by atoms with E-state index in [2.05, 4.69) is 24.2 Å². The Balaban J connectivity index is 1.83. The van der Waals surface area contributed by atoms with E-state index in [-0.39, 0.29) is 0 Å². The first-order valence-electron chi connectivity index (χ1n) is 5.14. The highest BCUT2D eigenvalue weighted by molar-refractivity contribution is 4.95. The van der Waals surface area contributed by atoms with E-state index in [0.717, 1.165) is 6.04 Å². The molecule has 2 aliphatic rings. The van der Waals surface area contributed by atoms with Gasteiger partial charge in [-0.3, -0.25) is 0 Å². The van der Waals surface area contributed by atoms with E-state index in [1.54, 1.807) is 0 Å². The second-order valence-electron chi connectivity index (χ2n) is 4.78. The number of rotatable bonds is 2. The molecule has 0 aromatic carbocycles. The number of piperidine rings is 1. The van der Waals surface area contributed by atoms with Crippen LogP contribution in [0.25, 0.3) is 0 Å². The maximum absolute atomic E-state index is 3.76. The molecule has 2 nitrogen and oxygen atoms in total. The largest absolute Gasteiger partial charge is 0.309 e. The van der Waals surface area contributed by atoms with Gasteiger partial charge in [-0.05, 0) is 52.7 Å². The molecule has 0 amide bonds. The van der Waals surface area contributed by atoms with Crippen LogP contribution in [0.5, 0.6) is 0 Å². The molecule has 1 saturated carbocycles. The van der Waals surface area contributed by atoms with Crippen molar-refractivity contribution in [1.82, 2.24) is 10.2 Å². The lowest BCUT2D eigenvalue weighted by Crippen LogP contribution is -2.51. The fourth-order valence-corrected chi connectivity index (χ4v) is 1.98. The third-order valence-electron chi connectivity index (χ3n) is 3.22. The minimum absolute atomic E-state index is 0.452. The first-order valence-corrected chi connectivity index (χ1v) is 5.14. The summed E-state index contributed by atoms with van der Waals surface area (Å²) >= 11 is 0. The Hall–Kier alpha value is -0.0800. The molecule has 12 heavy (non-hydrogen) atoms. The summed E-state index contributed by atoms with van der Waals surface area (Å²) in [5.74, 6) is 0. The van der Waals surface area contributed by atoms with Crippen molar-refractivity contribution in [1.29, 1.82) is 0 Å². The Labute approximate surface area is 75.3 Å². The lowest BCUT2D eigenvalue weighted by molar-refractivity contribution is 0.169. The highest BCUT2D eigenvalue weighted by atomic mass is 15.1. The molecule has 2 heteroatoms. The van der Waals surface area contributed by atoms with Crippen LogP contribution in [0.3, 0.4) is 0 Å². The normalized spacial score (nSPS) is 30.5. The molecule has 1 aliphatic heterocycles. The van der Waals surface area contributed by atoms with Gasteiger partial charge in [0, 0.05) is 11.6 Å². The molecule has 0 bridgehead atoms. The molecular weight excluding hydrogens is 148 g/mol. The fourth-order valence-electron chi connectivity index (χ4n) is 1.98. The van der Waals surface area contributed by atoms with E-state index in [9.17, 15) is 0 Å². The van der Waals surface area contributed by atoms with Gasteiger partial charge < -0.3 is 10.2 Å². The lowest BCUT2D eigenvalue weighted by atomic mass is 9.90. The minimum atomic E-state index is 0.452. The second-order valence-corrected chi connectivity index (χ2v) is 4.78. The van der Waals surface area contributed by atoms with Gasteiger partial charge in [-0.25, -0.2) is 0 Å². The maximum Gasteiger partial charge on any atom is 0.0180 e. The van der Waals surface area contributed by atoms with Crippen molar-refractivity contribution < 1.29 is 0 Å². The van der Waals surface area contributed by atoms with Crippen molar-refractivity contribution in [3.63, 3.8) is 0 Å². The summed E-state index contributed by atoms with van der Waals surface area (Å²) in [5.41, 5.74) is 0.452. The van der Waals surface area contributed by atoms with Crippen LogP contribution in [0.15, 0.2) is 0 Å². The van der Waals surface area contributed by atoms with E-state index in [1.807, 2.05) is 0 Å². The van der Waals surface area contributed by atoms with Crippen LogP contribution in [0, 0.1) is 0 Å². The second kappa shape index (κ2) is 3.00. The minimum Gasteiger partial charge on any atom is -0.309 e. The topological polar surface area (TPSA) is 15.3 Å². The van der Waals surface area contributed by atoms with Gasteiger partial charge in [0.25, 0.3) is 0 Å². The standard InChI is InChI=1S/C10H20N2/c1-10(11-9-3-4-9)5-7-12(2)8-6-10/h9,11H,3-8H2,1-2H3. The number of nitrogens with one attached hydrogen (secondary N) is 1. The zero-order valence-electron chi connectivity index (χ0n) is 8.27. The molecule has 1 saturated heterocycles. The van der Waals surface area contributed by atoms with Crippen molar-refractivity contribution in [3.05, 3.63) is 0 Å². The predicted molar refractivity (Wildman–Crippen MR) is 51.3 cm³/mol. The summed E-state index contributed by atoms with van der Waals surface area (Å²) in [6.45, 7) is 4.91. The fraction of sp³-hybridized carbons (Fsp3) is 1.00. The monoisotopic (exact) mass is 168 g/mol. The van der Waals surface area contributed by atoms with Crippen molar-refractivity contribution in [2.24, 2.45) is 0 Å². The van der Waals surface area contributed by atoms with E-state index >= 15 is 0 Å². The third kappa shape index (κ3) is 1.99. The smallest absolute Gasteiger partial charge is 0.0180 e. The summed E-state index contributed by atoms with van der Waals surface area (Å²) in [7, 11) is 2.22. The quantitative estimate of drug-likeness (QED) is 0.667. The average molecular weight is 168 g/mol. The molecule has 2 fully saturated rings. The van der Waals surface area contributed by atoms with Crippen LogP contribution >= 0.6 is 0 Å². The highest BCUT2D eigenvalue weighted by Crippen LogP contribution is 2.28. The number of likely N-dealkylation sites (tertiary alicyclic amines) is 1. The first-order chi connectivity index (χ1) is 5.68. The lowest BCUT2D eigenvalue weighted by Gasteiger charge is -2.38. The van der Waals surface area contributed by atoms with Gasteiger partial charge >= 0.3 is 0 Å². The van der Waals surface area contributed by atoms with Crippen molar-refractivity contribution in [2.45, 2.75) is 44.2 Å². The average Bonchev–Trinajstić information content (AvgIpc) is 2.80. The van der Waals surface area contributed by atoms with E-state index in [4.69, 9.17) is 0 Å². The maximum atomic E-state index is 3.76. The Kier molecular flexibility index (Phi) is 2.13. The molecule has 0 radical (unpaired) electrons. The van der Waals surface area contributed by atoms with E-state index in [0.29, 0.717) is 5.54 Å². The van der Waals surface area contributed by atoms with Crippen molar-refractivity contribution >= 4 is 0 Å². The first kappa shape index (κ1) is 8.52. The molecule has 1 N–H and O–H groups in total. The zero-order chi connectivity index (χ0) is 8.60. The summed E-state index contributed by atoms with van der Waals surface area (Å²) in [5, 5.41) is 3.76. The molecular formula is C10H20N2. The highest BCUT2D eigenvalue weighted by Gasteiger charge is 2.34. The van der Waals surface area contributed by atoms with Gasteiger partial charge in [0.05, 0.1) is 0 Å². The summed E-state index contributed by atoms with van der Waals surface area (Å²) in [6.07, 6.45) is 5.46. The molecule has 0 aromatic rings. The van der Waals surface area contributed by atoms with Crippen LogP contribution < -0.4 is 5.32 Å². The molecule has 70 valence electrons. The number of hydrogen-bond donors (Lipinski definition) is 1. The molecule has 1 heterocycles. The van der Waals surface area contributed by atoms with Gasteiger partial charge in [-0.15, -0.1) is 0 Å². The zero-order valence-corrected chi connectivity index (χ0v) is 8.27. The number of hydrogen-bond acceptors (Lipinski definition) is 2. The molecule has 0 unspecified atom stereocenters. The summed E-state index contributed by atoms with van der Waals surface area (Å²) in [6, 6.07) is 0.860. The van der Waals surface area contributed by atoms with Gasteiger partial charge in [-0.2, -0.15) is 0 Å². The van der Waals surface area contributed by atoms with E-state index < -0.39 is 0 Å². The van der Waals surface area contributed by atoms with Crippen molar-refractivity contribution in [3.8, 4) is 0 Å². The molecule has 2 rings (SSSR count). The predicted octanol–water partition coefficient (Wildman–Crippen LogP) is 1.22. The van der Waals surface area contributed by atoms with Gasteiger partial charge in [0.1, 0.15) is 0 Å². The van der Waals surface area contributed by atoms with Crippen LogP contribution in [0.4, 0.5) is 0 Å². The van der Waals surface area contributed by atoms with Gasteiger partial charge in [0.2, 0.25) is 0 Å². The SMILES string of the molecule is CN1CCC(C)(NC2CC2)CC1. The molecule has 1 aliphatic carbocycles. The molecule has 0 spiro atoms. The third-order valence-corrected chi connectivity index (χ3v) is 3.22. The Bertz CT molecular complexity index is 155. The Morgan fingerprint density at radius 3 is 2.33 bits per heavy atom. The van der Waals surface area contributed by atoms with Crippen LogP contribution in [0.1, 0.15) is 32.6 Å². The van der Waals surface area contributed by atoms with Crippen LogP contribution in [-0.4, -0.2) is 36.6 Å². The number of nitrogens with zero attached hydrogens (tertiary/aromatic N) is 1. The molecule has 0 aromatic heterocycles. The Morgan fingerprint density at radius 1 is 1.25 bits per heavy atom. The van der Waals surface area contributed by atoms with E-state index in [1.165, 1.54) is 38.8 Å². The molecule has 0 atom stereocenters. The van der Waals surface area contributed by atoms with Gasteiger partial charge in [0.15, 0.2) is 0 Å².